The number of hydrogen-bond donors (Lipinski definition) is 1. The van der Waals surface area contributed by atoms with Gasteiger partial charge in [0, 0.05) is 35.0 Å². The number of fused-ring (bicyclic) bond motifs is 3. The third kappa shape index (κ3) is 2.80. The van der Waals surface area contributed by atoms with Crippen molar-refractivity contribution in [2.24, 2.45) is 5.10 Å². The van der Waals surface area contributed by atoms with Crippen LogP contribution in [0.3, 0.4) is 0 Å². The van der Waals surface area contributed by atoms with E-state index in [1.54, 1.807) is 24.5 Å². The number of nitrogens with zero attached hydrogens (tertiary/aromatic N) is 3. The third-order valence-electron chi connectivity index (χ3n) is 4.94. The van der Waals surface area contributed by atoms with Crippen LogP contribution >= 0.6 is 11.6 Å². The molecule has 2 aliphatic rings. The second-order valence-corrected chi connectivity index (χ2v) is 7.06. The van der Waals surface area contributed by atoms with Gasteiger partial charge in [-0.25, -0.2) is 5.01 Å². The first-order valence-electron chi connectivity index (χ1n) is 8.70. The molecule has 2 aromatic carbocycles. The van der Waals surface area contributed by atoms with Gasteiger partial charge in [-0.2, -0.15) is 5.10 Å². The molecule has 2 aliphatic heterocycles. The molecule has 5 nitrogen and oxygen atoms in total. The number of hydrogen-bond acceptors (Lipinski definition) is 5. The van der Waals surface area contributed by atoms with Crippen molar-refractivity contribution >= 4 is 17.3 Å². The van der Waals surface area contributed by atoms with E-state index in [-0.39, 0.29) is 18.0 Å². The van der Waals surface area contributed by atoms with Crippen molar-refractivity contribution in [3.05, 3.63) is 88.7 Å². The minimum Gasteiger partial charge on any atom is -0.508 e. The summed E-state index contributed by atoms with van der Waals surface area (Å²) >= 11 is 6.24. The van der Waals surface area contributed by atoms with Crippen molar-refractivity contribution in [3.63, 3.8) is 0 Å². The van der Waals surface area contributed by atoms with Gasteiger partial charge in [0.1, 0.15) is 11.5 Å². The number of ether oxygens (including phenoxy) is 1. The minimum absolute atomic E-state index is 0.0365. The van der Waals surface area contributed by atoms with Crippen molar-refractivity contribution in [3.8, 4) is 11.5 Å². The molecule has 3 aromatic rings. The monoisotopic (exact) mass is 377 g/mol. The van der Waals surface area contributed by atoms with Crippen molar-refractivity contribution in [2.75, 3.05) is 0 Å². The normalized spacial score (nSPS) is 20.5. The molecule has 0 spiro atoms. The molecule has 27 heavy (non-hydrogen) atoms. The summed E-state index contributed by atoms with van der Waals surface area (Å²) in [5.41, 5.74) is 3.96. The topological polar surface area (TPSA) is 58.0 Å². The summed E-state index contributed by atoms with van der Waals surface area (Å²) in [6, 6.07) is 16.8. The highest BCUT2D eigenvalue weighted by Crippen LogP contribution is 2.48. The Hall–Kier alpha value is -3.05. The van der Waals surface area contributed by atoms with Crippen LogP contribution in [0.5, 0.6) is 11.5 Å². The number of halogens is 1. The fourth-order valence-electron chi connectivity index (χ4n) is 3.63. The van der Waals surface area contributed by atoms with Gasteiger partial charge in [0.05, 0.1) is 11.8 Å². The first-order chi connectivity index (χ1) is 13.2. The predicted molar refractivity (Wildman–Crippen MR) is 103 cm³/mol. The van der Waals surface area contributed by atoms with Crippen LogP contribution in [-0.2, 0) is 0 Å². The molecule has 6 heteroatoms. The van der Waals surface area contributed by atoms with Crippen LogP contribution in [0, 0.1) is 0 Å². The van der Waals surface area contributed by atoms with E-state index in [1.165, 1.54) is 0 Å². The first-order valence-corrected chi connectivity index (χ1v) is 9.08. The van der Waals surface area contributed by atoms with Crippen molar-refractivity contribution in [1.29, 1.82) is 0 Å². The molecule has 0 radical (unpaired) electrons. The van der Waals surface area contributed by atoms with Crippen LogP contribution in [0.25, 0.3) is 0 Å². The SMILES string of the molecule is Oc1ccc(C2=NN3C(C2)c2cc(Cl)ccc2OC3c2ccncc2)cc1. The van der Waals surface area contributed by atoms with E-state index < -0.39 is 0 Å². The minimum atomic E-state index is -0.332. The smallest absolute Gasteiger partial charge is 0.213 e. The Morgan fingerprint density at radius 2 is 1.81 bits per heavy atom. The Kier molecular flexibility index (Phi) is 3.76. The van der Waals surface area contributed by atoms with Gasteiger partial charge in [0.25, 0.3) is 0 Å². The molecular weight excluding hydrogens is 362 g/mol. The Morgan fingerprint density at radius 3 is 2.59 bits per heavy atom. The molecule has 0 saturated heterocycles. The number of aromatic hydroxyl groups is 1. The average Bonchev–Trinajstić information content (AvgIpc) is 3.14. The average molecular weight is 378 g/mol. The van der Waals surface area contributed by atoms with Crippen LogP contribution in [0.15, 0.2) is 72.1 Å². The highest BCUT2D eigenvalue weighted by atomic mass is 35.5. The van der Waals surface area contributed by atoms with Crippen LogP contribution < -0.4 is 4.74 Å². The van der Waals surface area contributed by atoms with Gasteiger partial charge in [-0.15, -0.1) is 0 Å². The number of hydrazone groups is 1. The maximum absolute atomic E-state index is 9.57. The van der Waals surface area contributed by atoms with Crippen molar-refractivity contribution < 1.29 is 9.84 Å². The molecule has 3 heterocycles. The fraction of sp³-hybridized carbons (Fsp3) is 0.143. The summed E-state index contributed by atoms with van der Waals surface area (Å²) in [6.45, 7) is 0. The number of phenols is 1. The number of phenolic OH excluding ortho intramolecular Hbond substituents is 1. The number of pyridine rings is 1. The van der Waals surface area contributed by atoms with Crippen LogP contribution in [0.4, 0.5) is 0 Å². The highest BCUT2D eigenvalue weighted by molar-refractivity contribution is 6.30. The second-order valence-electron chi connectivity index (χ2n) is 6.63. The lowest BCUT2D eigenvalue weighted by molar-refractivity contribution is -0.0190. The van der Waals surface area contributed by atoms with Crippen LogP contribution in [-0.4, -0.2) is 20.8 Å². The lowest BCUT2D eigenvalue weighted by Gasteiger charge is -2.38. The summed E-state index contributed by atoms with van der Waals surface area (Å²) in [5.74, 6) is 1.06. The Balaban J connectivity index is 1.60. The quantitative estimate of drug-likeness (QED) is 0.704. The van der Waals surface area contributed by atoms with E-state index in [0.717, 1.165) is 34.6 Å². The molecule has 134 valence electrons. The van der Waals surface area contributed by atoms with Crippen LogP contribution in [0.1, 0.15) is 35.4 Å². The highest BCUT2D eigenvalue weighted by Gasteiger charge is 2.41. The zero-order chi connectivity index (χ0) is 18.4. The van der Waals surface area contributed by atoms with E-state index in [0.29, 0.717) is 5.02 Å². The summed E-state index contributed by atoms with van der Waals surface area (Å²) in [4.78, 5) is 4.10. The van der Waals surface area contributed by atoms with Gasteiger partial charge in [-0.1, -0.05) is 11.6 Å². The summed E-state index contributed by atoms with van der Waals surface area (Å²) < 4.78 is 6.28. The van der Waals surface area contributed by atoms with Gasteiger partial charge in [-0.3, -0.25) is 4.98 Å². The van der Waals surface area contributed by atoms with E-state index in [4.69, 9.17) is 21.4 Å². The van der Waals surface area contributed by atoms with E-state index in [2.05, 4.69) is 4.98 Å². The molecule has 0 fully saturated rings. The van der Waals surface area contributed by atoms with E-state index in [1.807, 2.05) is 47.5 Å². The molecule has 1 aromatic heterocycles. The zero-order valence-electron chi connectivity index (χ0n) is 14.3. The summed E-state index contributed by atoms with van der Waals surface area (Å²) in [5, 5.41) is 17.1. The maximum atomic E-state index is 9.57. The standard InChI is InChI=1S/C21H16ClN3O2/c22-15-3-6-20-17(11-15)19-12-18(13-1-4-16(26)5-2-13)24-25(19)21(27-20)14-7-9-23-10-8-14/h1-11,19,21,26H,12H2. The molecule has 0 bridgehead atoms. The van der Waals surface area contributed by atoms with E-state index in [9.17, 15) is 5.11 Å². The van der Waals surface area contributed by atoms with Gasteiger partial charge >= 0.3 is 0 Å². The van der Waals surface area contributed by atoms with Crippen molar-refractivity contribution in [1.82, 2.24) is 9.99 Å². The van der Waals surface area contributed by atoms with Crippen LogP contribution in [0.2, 0.25) is 5.02 Å². The lowest BCUT2D eigenvalue weighted by atomic mass is 9.96. The zero-order valence-corrected chi connectivity index (χ0v) is 15.0. The molecule has 1 N–H and O–H groups in total. The third-order valence-corrected chi connectivity index (χ3v) is 5.18. The van der Waals surface area contributed by atoms with E-state index >= 15 is 0 Å². The van der Waals surface area contributed by atoms with Gasteiger partial charge < -0.3 is 9.84 Å². The van der Waals surface area contributed by atoms with Gasteiger partial charge in [0.2, 0.25) is 6.23 Å². The Morgan fingerprint density at radius 1 is 1.04 bits per heavy atom. The Labute approximate surface area is 161 Å². The lowest BCUT2D eigenvalue weighted by Crippen LogP contribution is -2.33. The molecule has 0 aliphatic carbocycles. The first kappa shape index (κ1) is 16.1. The van der Waals surface area contributed by atoms with Crippen molar-refractivity contribution in [2.45, 2.75) is 18.7 Å². The molecule has 5 rings (SSSR count). The molecule has 0 amide bonds. The number of aromatic nitrogens is 1. The summed E-state index contributed by atoms with van der Waals surface area (Å²) in [7, 11) is 0. The molecule has 0 saturated carbocycles. The molecule has 2 atom stereocenters. The fourth-order valence-corrected chi connectivity index (χ4v) is 3.82. The predicted octanol–water partition coefficient (Wildman–Crippen LogP) is 4.68. The number of rotatable bonds is 2. The molecular formula is C21H16ClN3O2. The molecule has 2 unspecified atom stereocenters. The maximum Gasteiger partial charge on any atom is 0.213 e. The number of benzene rings is 2. The van der Waals surface area contributed by atoms with Gasteiger partial charge in [-0.05, 0) is 60.2 Å². The second kappa shape index (κ2) is 6.28. The Bertz CT molecular complexity index is 1020. The van der Waals surface area contributed by atoms with Gasteiger partial charge in [0.15, 0.2) is 0 Å². The largest absolute Gasteiger partial charge is 0.508 e. The summed E-state index contributed by atoms with van der Waals surface area (Å²) in [6.07, 6.45) is 3.92.